The zero-order valence-electron chi connectivity index (χ0n) is 18.9. The molecule has 0 aliphatic rings. The fourth-order valence-corrected chi connectivity index (χ4v) is 5.01. The minimum atomic E-state index is 1.18. The molecular weight excluding hydrogens is 398 g/mol. The monoisotopic (exact) mass is 423 g/mol. The van der Waals surface area contributed by atoms with Crippen LogP contribution in [0.5, 0.6) is 0 Å². The molecule has 5 aromatic carbocycles. The van der Waals surface area contributed by atoms with E-state index in [0.29, 0.717) is 0 Å². The molecule has 6 aromatic rings. The van der Waals surface area contributed by atoms with Crippen molar-refractivity contribution in [3.8, 4) is 27.9 Å². The van der Waals surface area contributed by atoms with Crippen LogP contribution in [0, 0.1) is 13.8 Å². The summed E-state index contributed by atoms with van der Waals surface area (Å²) in [7, 11) is 0. The first-order valence-corrected chi connectivity index (χ1v) is 11.5. The van der Waals surface area contributed by atoms with Crippen molar-refractivity contribution in [2.75, 3.05) is 0 Å². The third-order valence-electron chi connectivity index (χ3n) is 6.58. The Morgan fingerprint density at radius 2 is 1.24 bits per heavy atom. The van der Waals surface area contributed by atoms with Crippen molar-refractivity contribution in [3.63, 3.8) is 0 Å². The average Bonchev–Trinajstić information content (AvgIpc) is 3.18. The van der Waals surface area contributed by atoms with Gasteiger partial charge in [0, 0.05) is 16.5 Å². The van der Waals surface area contributed by atoms with Gasteiger partial charge < -0.3 is 4.57 Å². The van der Waals surface area contributed by atoms with Gasteiger partial charge >= 0.3 is 0 Å². The standard InChI is InChI=1S/C32H25N/c1-22-15-17-28(23(2)19-22)26-16-18-30-29-13-6-7-14-31(29)33(32(30)21-26)27-12-8-11-25(20-27)24-9-4-3-5-10-24/h3-21H,1-2H3. The van der Waals surface area contributed by atoms with Crippen LogP contribution in [0.3, 0.4) is 0 Å². The Morgan fingerprint density at radius 3 is 2.09 bits per heavy atom. The Morgan fingerprint density at radius 1 is 0.485 bits per heavy atom. The van der Waals surface area contributed by atoms with Gasteiger partial charge in [0.25, 0.3) is 0 Å². The predicted molar refractivity (Wildman–Crippen MR) is 141 cm³/mol. The van der Waals surface area contributed by atoms with Crippen molar-refractivity contribution in [1.29, 1.82) is 0 Å². The van der Waals surface area contributed by atoms with Gasteiger partial charge in [-0.2, -0.15) is 0 Å². The highest BCUT2D eigenvalue weighted by molar-refractivity contribution is 6.10. The van der Waals surface area contributed by atoms with E-state index in [0.717, 1.165) is 0 Å². The Bertz CT molecular complexity index is 1620. The third kappa shape index (κ3) is 3.34. The van der Waals surface area contributed by atoms with Crippen molar-refractivity contribution >= 4 is 21.8 Å². The molecule has 0 aliphatic heterocycles. The van der Waals surface area contributed by atoms with Gasteiger partial charge in [0.15, 0.2) is 0 Å². The lowest BCUT2D eigenvalue weighted by atomic mass is 9.97. The Balaban J connectivity index is 1.62. The lowest BCUT2D eigenvalue weighted by molar-refractivity contribution is 1.18. The third-order valence-corrected chi connectivity index (χ3v) is 6.58. The van der Waals surface area contributed by atoms with Crippen LogP contribution in [-0.4, -0.2) is 4.57 Å². The summed E-state index contributed by atoms with van der Waals surface area (Å²) in [5, 5.41) is 2.56. The molecular formula is C32H25N. The summed E-state index contributed by atoms with van der Waals surface area (Å²) in [4.78, 5) is 0. The molecule has 0 bridgehead atoms. The number of fused-ring (bicyclic) bond motifs is 3. The van der Waals surface area contributed by atoms with Crippen LogP contribution < -0.4 is 0 Å². The zero-order chi connectivity index (χ0) is 22.4. The Hall–Kier alpha value is -4.10. The largest absolute Gasteiger partial charge is 0.309 e. The van der Waals surface area contributed by atoms with Crippen LogP contribution in [0.15, 0.2) is 115 Å². The van der Waals surface area contributed by atoms with Crippen molar-refractivity contribution in [1.82, 2.24) is 4.57 Å². The quantitative estimate of drug-likeness (QED) is 0.268. The molecule has 33 heavy (non-hydrogen) atoms. The lowest BCUT2D eigenvalue weighted by Gasteiger charge is -2.12. The van der Waals surface area contributed by atoms with E-state index in [2.05, 4.69) is 134 Å². The molecule has 1 heterocycles. The van der Waals surface area contributed by atoms with Gasteiger partial charge in [0.1, 0.15) is 0 Å². The Kier molecular flexibility index (Phi) is 4.62. The summed E-state index contributed by atoms with van der Waals surface area (Å²) in [5.74, 6) is 0. The number of aryl methyl sites for hydroxylation is 2. The molecule has 0 saturated heterocycles. The molecule has 0 unspecified atom stereocenters. The van der Waals surface area contributed by atoms with Crippen molar-refractivity contribution < 1.29 is 0 Å². The van der Waals surface area contributed by atoms with E-state index >= 15 is 0 Å². The maximum absolute atomic E-state index is 2.41. The number of hydrogen-bond acceptors (Lipinski definition) is 0. The molecule has 0 N–H and O–H groups in total. The topological polar surface area (TPSA) is 4.93 Å². The maximum atomic E-state index is 2.41. The van der Waals surface area contributed by atoms with Gasteiger partial charge in [-0.15, -0.1) is 0 Å². The molecule has 0 atom stereocenters. The zero-order valence-corrected chi connectivity index (χ0v) is 18.9. The van der Waals surface area contributed by atoms with E-state index in [9.17, 15) is 0 Å². The summed E-state index contributed by atoms with van der Waals surface area (Å²) >= 11 is 0. The van der Waals surface area contributed by atoms with Crippen LogP contribution in [0.25, 0.3) is 49.7 Å². The summed E-state index contributed by atoms with van der Waals surface area (Å²) in [6.45, 7) is 4.35. The minimum Gasteiger partial charge on any atom is -0.309 e. The van der Waals surface area contributed by atoms with E-state index in [1.54, 1.807) is 0 Å². The van der Waals surface area contributed by atoms with Crippen LogP contribution in [-0.2, 0) is 0 Å². The van der Waals surface area contributed by atoms with Gasteiger partial charge in [0.05, 0.1) is 11.0 Å². The van der Waals surface area contributed by atoms with Crippen molar-refractivity contribution in [3.05, 3.63) is 126 Å². The second-order valence-corrected chi connectivity index (χ2v) is 8.82. The van der Waals surface area contributed by atoms with Gasteiger partial charge in [-0.1, -0.05) is 96.6 Å². The molecule has 0 saturated carbocycles. The number of para-hydroxylation sites is 1. The normalized spacial score (nSPS) is 11.3. The maximum Gasteiger partial charge on any atom is 0.0547 e. The molecule has 6 rings (SSSR count). The van der Waals surface area contributed by atoms with Crippen molar-refractivity contribution in [2.24, 2.45) is 0 Å². The van der Waals surface area contributed by atoms with Crippen LogP contribution >= 0.6 is 0 Å². The molecule has 1 heteroatoms. The number of rotatable bonds is 3. The van der Waals surface area contributed by atoms with E-state index in [1.165, 1.54) is 60.9 Å². The highest BCUT2D eigenvalue weighted by atomic mass is 15.0. The van der Waals surface area contributed by atoms with Crippen LogP contribution in [0.4, 0.5) is 0 Å². The van der Waals surface area contributed by atoms with Gasteiger partial charge in [-0.3, -0.25) is 0 Å². The summed E-state index contributed by atoms with van der Waals surface area (Å²) in [6, 6.07) is 41.8. The molecule has 0 amide bonds. The molecule has 0 fully saturated rings. The predicted octanol–water partition coefficient (Wildman–Crippen LogP) is 8.73. The Labute approximate surface area is 194 Å². The minimum absolute atomic E-state index is 1.18. The fourth-order valence-electron chi connectivity index (χ4n) is 5.01. The first kappa shape index (κ1) is 19.6. The lowest BCUT2D eigenvalue weighted by Crippen LogP contribution is -1.94. The molecule has 0 spiro atoms. The molecule has 0 radical (unpaired) electrons. The van der Waals surface area contributed by atoms with Crippen molar-refractivity contribution in [2.45, 2.75) is 13.8 Å². The van der Waals surface area contributed by atoms with Crippen LogP contribution in [0.2, 0.25) is 0 Å². The number of aromatic nitrogens is 1. The van der Waals surface area contributed by atoms with E-state index < -0.39 is 0 Å². The van der Waals surface area contributed by atoms with Crippen LogP contribution in [0.1, 0.15) is 11.1 Å². The molecule has 158 valence electrons. The SMILES string of the molecule is Cc1ccc(-c2ccc3c4ccccc4n(-c4cccc(-c5ccccc5)c4)c3c2)c(C)c1. The van der Waals surface area contributed by atoms with E-state index in [1.807, 2.05) is 0 Å². The van der Waals surface area contributed by atoms with E-state index in [4.69, 9.17) is 0 Å². The molecule has 1 nitrogen and oxygen atoms in total. The van der Waals surface area contributed by atoms with Gasteiger partial charge in [0.2, 0.25) is 0 Å². The highest BCUT2D eigenvalue weighted by Gasteiger charge is 2.14. The first-order valence-electron chi connectivity index (χ1n) is 11.5. The van der Waals surface area contributed by atoms with Gasteiger partial charge in [-0.05, 0) is 65.9 Å². The first-order chi connectivity index (χ1) is 16.2. The van der Waals surface area contributed by atoms with E-state index in [-0.39, 0.29) is 0 Å². The number of nitrogens with zero attached hydrogens (tertiary/aromatic N) is 1. The second-order valence-electron chi connectivity index (χ2n) is 8.82. The number of benzene rings is 5. The summed E-state index contributed by atoms with van der Waals surface area (Å²) in [6.07, 6.45) is 0. The number of hydrogen-bond donors (Lipinski definition) is 0. The smallest absolute Gasteiger partial charge is 0.0547 e. The molecule has 1 aromatic heterocycles. The summed E-state index contributed by atoms with van der Waals surface area (Å²) in [5.41, 5.74) is 11.3. The highest BCUT2D eigenvalue weighted by Crippen LogP contribution is 2.36. The second kappa shape index (κ2) is 7.79. The van der Waals surface area contributed by atoms with Gasteiger partial charge in [-0.25, -0.2) is 0 Å². The fraction of sp³-hybridized carbons (Fsp3) is 0.0625. The average molecular weight is 424 g/mol. The summed E-state index contributed by atoms with van der Waals surface area (Å²) < 4.78 is 2.41. The molecule has 0 aliphatic carbocycles.